The second-order valence-corrected chi connectivity index (χ2v) is 10.8. The zero-order chi connectivity index (χ0) is 24.9. The molecule has 0 radical (unpaired) electrons. The first-order valence-corrected chi connectivity index (χ1v) is 13.2. The number of Topliss-reactive ketones (excluding diaryl/α,β-unsaturated/α-hetero) is 2. The van der Waals surface area contributed by atoms with Crippen LogP contribution in [0.15, 0.2) is 84.9 Å². The van der Waals surface area contributed by atoms with Gasteiger partial charge < -0.3 is 9.47 Å². The molecule has 0 aromatic heterocycles. The number of carbonyl (C=O) groups is 2. The third-order valence-electron chi connectivity index (χ3n) is 9.40. The van der Waals surface area contributed by atoms with E-state index in [4.69, 9.17) is 9.47 Å². The maximum Gasteiger partial charge on any atom is 0.209 e. The zero-order valence-corrected chi connectivity index (χ0v) is 20.6. The minimum Gasteiger partial charge on any atom is -0.473 e. The molecule has 1 heterocycles. The van der Waals surface area contributed by atoms with Crippen molar-refractivity contribution in [1.82, 2.24) is 0 Å². The highest BCUT2D eigenvalue weighted by Crippen LogP contribution is 2.67. The maximum absolute atomic E-state index is 15.1. The van der Waals surface area contributed by atoms with Crippen LogP contribution in [0.1, 0.15) is 53.2 Å². The zero-order valence-electron chi connectivity index (χ0n) is 20.6. The van der Waals surface area contributed by atoms with Crippen molar-refractivity contribution >= 4 is 22.3 Å². The van der Waals surface area contributed by atoms with E-state index < -0.39 is 23.0 Å². The van der Waals surface area contributed by atoms with Crippen molar-refractivity contribution in [3.05, 3.63) is 113 Å². The van der Waals surface area contributed by atoms with Crippen LogP contribution in [-0.2, 0) is 31.8 Å². The van der Waals surface area contributed by atoms with E-state index in [1.54, 1.807) is 0 Å². The molecule has 1 fully saturated rings. The molecule has 1 saturated carbocycles. The van der Waals surface area contributed by atoms with Gasteiger partial charge in [-0.15, -0.1) is 0 Å². The Kier molecular flexibility index (Phi) is 4.14. The van der Waals surface area contributed by atoms with Crippen LogP contribution in [-0.4, -0.2) is 18.2 Å². The molecular formula is C33H26O4. The van der Waals surface area contributed by atoms with Crippen LogP contribution in [0.5, 0.6) is 5.75 Å². The summed E-state index contributed by atoms with van der Waals surface area (Å²) in [6.45, 7) is 2.46. The average Bonchev–Trinajstić information content (AvgIpc) is 3.03. The molecule has 0 saturated heterocycles. The molecule has 4 aromatic rings. The van der Waals surface area contributed by atoms with Crippen molar-refractivity contribution in [2.24, 2.45) is 5.92 Å². The van der Waals surface area contributed by atoms with Crippen LogP contribution in [0.25, 0.3) is 10.8 Å². The van der Waals surface area contributed by atoms with Gasteiger partial charge in [-0.25, -0.2) is 0 Å². The monoisotopic (exact) mass is 486 g/mol. The van der Waals surface area contributed by atoms with Gasteiger partial charge >= 0.3 is 0 Å². The molecule has 5 aliphatic rings. The maximum atomic E-state index is 15.1. The molecule has 182 valence electrons. The molecule has 4 aromatic carbocycles. The van der Waals surface area contributed by atoms with E-state index in [0.717, 1.165) is 38.6 Å². The predicted octanol–water partition coefficient (Wildman–Crippen LogP) is 5.95. The van der Waals surface area contributed by atoms with Gasteiger partial charge in [0.15, 0.2) is 11.6 Å². The van der Waals surface area contributed by atoms with Crippen LogP contribution in [0, 0.1) is 5.92 Å². The molecular weight excluding hydrogens is 460 g/mol. The van der Waals surface area contributed by atoms with Crippen LogP contribution < -0.4 is 4.74 Å². The van der Waals surface area contributed by atoms with E-state index in [2.05, 4.69) is 24.3 Å². The Morgan fingerprint density at radius 3 is 2.43 bits per heavy atom. The highest BCUT2D eigenvalue weighted by Gasteiger charge is 2.75. The number of carbonyl (C=O) groups excluding carboxylic acids is 2. The highest BCUT2D eigenvalue weighted by atomic mass is 16.5. The lowest BCUT2D eigenvalue weighted by molar-refractivity contribution is -0.157. The van der Waals surface area contributed by atoms with E-state index in [0.29, 0.717) is 18.8 Å². The second kappa shape index (κ2) is 7.17. The number of ether oxygens (including phenoxy) is 2. The van der Waals surface area contributed by atoms with E-state index in [9.17, 15) is 4.79 Å². The number of hydrogen-bond acceptors (Lipinski definition) is 4. The first-order chi connectivity index (χ1) is 18.1. The number of hydrogen-bond donors (Lipinski definition) is 0. The summed E-state index contributed by atoms with van der Waals surface area (Å²) in [6.07, 6.45) is 0.296. The molecule has 1 aliphatic heterocycles. The fourth-order valence-electron chi connectivity index (χ4n) is 8.07. The van der Waals surface area contributed by atoms with E-state index in [1.807, 2.05) is 67.6 Å². The number of benzene rings is 4. The fraction of sp³-hybridized carbons (Fsp3) is 0.273. The molecule has 4 nitrogen and oxygen atoms in total. The van der Waals surface area contributed by atoms with E-state index in [1.165, 1.54) is 0 Å². The van der Waals surface area contributed by atoms with Gasteiger partial charge in [0.2, 0.25) is 5.60 Å². The lowest BCUT2D eigenvalue weighted by Gasteiger charge is -2.54. The van der Waals surface area contributed by atoms with Gasteiger partial charge in [-0.3, -0.25) is 9.59 Å². The summed E-state index contributed by atoms with van der Waals surface area (Å²) < 4.78 is 13.4. The Morgan fingerprint density at radius 1 is 0.865 bits per heavy atom. The normalized spacial score (nSPS) is 30.6. The summed E-state index contributed by atoms with van der Waals surface area (Å²) in [7, 11) is 0. The SMILES string of the molecule is CCO[C@H]1c2ccccc2[C@]23Cc4c(ccc5ccccc45)O[C@]24C(=O)C[C@@H](c2ccccc24)[C@H]1C3=O. The minimum atomic E-state index is -1.41. The van der Waals surface area contributed by atoms with Gasteiger partial charge in [0, 0.05) is 30.1 Å². The Morgan fingerprint density at radius 2 is 1.59 bits per heavy atom. The first-order valence-electron chi connectivity index (χ1n) is 13.2. The molecule has 4 heteroatoms. The Labute approximate surface area is 215 Å². The molecule has 0 unspecified atom stereocenters. The third kappa shape index (κ3) is 2.34. The van der Waals surface area contributed by atoms with Crippen molar-refractivity contribution < 1.29 is 19.1 Å². The number of ketones is 2. The smallest absolute Gasteiger partial charge is 0.209 e. The lowest BCUT2D eigenvalue weighted by atomic mass is 9.53. The number of rotatable bonds is 2. The molecule has 9 rings (SSSR count). The summed E-state index contributed by atoms with van der Waals surface area (Å²) in [5.41, 5.74) is 2.20. The van der Waals surface area contributed by atoms with Gasteiger partial charge in [0.25, 0.3) is 0 Å². The van der Waals surface area contributed by atoms with Crippen LogP contribution in [0.3, 0.4) is 0 Å². The van der Waals surface area contributed by atoms with Crippen molar-refractivity contribution in [3.63, 3.8) is 0 Å². The minimum absolute atomic E-state index is 0.00203. The van der Waals surface area contributed by atoms with Gasteiger partial charge in [0.1, 0.15) is 11.2 Å². The van der Waals surface area contributed by atoms with Crippen molar-refractivity contribution in [1.29, 1.82) is 0 Å². The average molecular weight is 487 g/mol. The Balaban J connectivity index is 1.56. The summed E-state index contributed by atoms with van der Waals surface area (Å²) >= 11 is 0. The van der Waals surface area contributed by atoms with Gasteiger partial charge in [-0.1, -0.05) is 78.9 Å². The Bertz CT molecular complexity index is 1650. The van der Waals surface area contributed by atoms with E-state index >= 15 is 4.79 Å². The van der Waals surface area contributed by atoms with E-state index in [-0.39, 0.29) is 23.9 Å². The van der Waals surface area contributed by atoms with Gasteiger partial charge in [-0.05, 0) is 46.9 Å². The number of fused-ring (bicyclic) bond motifs is 5. The summed E-state index contributed by atoms with van der Waals surface area (Å²) in [5.74, 6) is 0.0804. The summed E-state index contributed by atoms with van der Waals surface area (Å²) in [5, 5.41) is 2.17. The highest BCUT2D eigenvalue weighted by molar-refractivity contribution is 6.10. The Hall–Kier alpha value is -3.76. The summed E-state index contributed by atoms with van der Waals surface area (Å²) in [6, 6.07) is 28.4. The molecule has 4 bridgehead atoms. The van der Waals surface area contributed by atoms with Crippen LogP contribution in [0.4, 0.5) is 0 Å². The summed E-state index contributed by atoms with van der Waals surface area (Å²) in [4.78, 5) is 29.6. The van der Waals surface area contributed by atoms with Crippen molar-refractivity contribution in [2.45, 2.75) is 42.8 Å². The molecule has 0 N–H and O–H groups in total. The molecule has 37 heavy (non-hydrogen) atoms. The van der Waals surface area contributed by atoms with Gasteiger partial charge in [-0.2, -0.15) is 0 Å². The van der Waals surface area contributed by atoms with Crippen molar-refractivity contribution in [2.75, 3.05) is 6.61 Å². The second-order valence-electron chi connectivity index (χ2n) is 10.8. The largest absolute Gasteiger partial charge is 0.473 e. The molecule has 5 atom stereocenters. The first kappa shape index (κ1) is 21.3. The fourth-order valence-corrected chi connectivity index (χ4v) is 8.07. The molecule has 4 aliphatic carbocycles. The van der Waals surface area contributed by atoms with Crippen LogP contribution >= 0.6 is 0 Å². The van der Waals surface area contributed by atoms with Gasteiger partial charge in [0.05, 0.1) is 12.0 Å². The quantitative estimate of drug-likeness (QED) is 0.351. The third-order valence-corrected chi connectivity index (χ3v) is 9.40. The predicted molar refractivity (Wildman–Crippen MR) is 140 cm³/mol. The standard InChI is InChI=1S/C33H26O4/c1-2-36-30-22-12-6-7-13-25(22)32-18-24-20-10-4-3-9-19(20)15-16-27(24)37-33(32)26-14-8-5-11-21(26)23(17-28(33)34)29(30)31(32)35/h3-16,23,29-30H,2,17-18H2,1H3/t23-,29+,30-,32-,33+/m0/s1. The molecule has 2 spiro atoms. The lowest BCUT2D eigenvalue weighted by Crippen LogP contribution is -2.66. The topological polar surface area (TPSA) is 52.6 Å². The van der Waals surface area contributed by atoms with Crippen LogP contribution in [0.2, 0.25) is 0 Å². The molecule has 0 amide bonds. The van der Waals surface area contributed by atoms with Crippen molar-refractivity contribution in [3.8, 4) is 5.75 Å².